The molecule has 0 saturated heterocycles. The molecule has 0 atom stereocenters. The largest absolute Gasteiger partial charge is 0.393 e. The van der Waals surface area contributed by atoms with Crippen LogP contribution in [0.1, 0.15) is 38.5 Å². The minimum atomic E-state index is -3.14. The average molecular weight is 264 g/mol. The number of rotatable bonds is 6. The molecule has 6 heteroatoms. The third-order valence-corrected chi connectivity index (χ3v) is 4.63. The molecule has 0 spiro atoms. The molecule has 0 bridgehead atoms. The molecule has 0 heterocycles. The van der Waals surface area contributed by atoms with Gasteiger partial charge in [-0.2, -0.15) is 0 Å². The lowest BCUT2D eigenvalue weighted by atomic mass is 9.91. The third kappa shape index (κ3) is 5.77. The SMILES string of the molecule is NC(=S)CCNS(=O)(=O)CC1CCCCC1. The summed E-state index contributed by atoms with van der Waals surface area (Å²) in [5.74, 6) is 0.584. The summed E-state index contributed by atoms with van der Waals surface area (Å²) in [6.07, 6.45) is 6.07. The molecule has 1 saturated carbocycles. The Morgan fingerprint density at radius 1 is 1.31 bits per heavy atom. The maximum atomic E-state index is 11.7. The normalized spacial score (nSPS) is 18.5. The molecule has 0 aromatic rings. The van der Waals surface area contributed by atoms with Crippen LogP contribution in [0.4, 0.5) is 0 Å². The standard InChI is InChI=1S/C10H20N2O2S2/c11-10(15)6-7-12-16(13,14)8-9-4-2-1-3-5-9/h9,12H,1-8H2,(H2,11,15). The molecule has 1 aliphatic carbocycles. The molecule has 1 rings (SSSR count). The van der Waals surface area contributed by atoms with E-state index in [-0.39, 0.29) is 5.75 Å². The minimum Gasteiger partial charge on any atom is -0.393 e. The molecule has 1 aliphatic rings. The number of nitrogens with one attached hydrogen (secondary N) is 1. The van der Waals surface area contributed by atoms with E-state index < -0.39 is 10.0 Å². The molecule has 4 nitrogen and oxygen atoms in total. The molecule has 16 heavy (non-hydrogen) atoms. The van der Waals surface area contributed by atoms with Crippen LogP contribution in [0, 0.1) is 5.92 Å². The Bertz CT molecular complexity index is 322. The van der Waals surface area contributed by atoms with Crippen molar-refractivity contribution in [2.75, 3.05) is 12.3 Å². The number of nitrogens with two attached hydrogens (primary N) is 1. The van der Waals surface area contributed by atoms with Gasteiger partial charge in [0.2, 0.25) is 10.0 Å². The maximum absolute atomic E-state index is 11.7. The van der Waals surface area contributed by atoms with Crippen LogP contribution in [0.3, 0.4) is 0 Å². The summed E-state index contributed by atoms with van der Waals surface area (Å²) in [6.45, 7) is 0.324. The first-order valence-electron chi connectivity index (χ1n) is 5.75. The molecule has 94 valence electrons. The molecule has 0 unspecified atom stereocenters. The van der Waals surface area contributed by atoms with Gasteiger partial charge in [0, 0.05) is 13.0 Å². The molecule has 0 aliphatic heterocycles. The van der Waals surface area contributed by atoms with Gasteiger partial charge in [-0.05, 0) is 18.8 Å². The summed E-state index contributed by atoms with van der Waals surface area (Å²) in [7, 11) is -3.14. The fourth-order valence-corrected chi connectivity index (χ4v) is 3.64. The van der Waals surface area contributed by atoms with Gasteiger partial charge in [0.25, 0.3) is 0 Å². The van der Waals surface area contributed by atoms with Gasteiger partial charge in [0.1, 0.15) is 0 Å². The molecule has 0 amide bonds. The summed E-state index contributed by atoms with van der Waals surface area (Å²) in [5.41, 5.74) is 5.30. The van der Waals surface area contributed by atoms with Crippen LogP contribution in [0.5, 0.6) is 0 Å². The Labute approximate surface area is 103 Å². The van der Waals surface area contributed by atoms with Gasteiger partial charge < -0.3 is 5.73 Å². The second-order valence-corrected chi connectivity index (χ2v) is 6.77. The molecular weight excluding hydrogens is 244 g/mol. The van der Waals surface area contributed by atoms with Crippen LogP contribution in [0.25, 0.3) is 0 Å². The predicted octanol–water partition coefficient (Wildman–Crippen LogP) is 1.16. The van der Waals surface area contributed by atoms with Gasteiger partial charge in [-0.15, -0.1) is 0 Å². The summed E-state index contributed by atoms with van der Waals surface area (Å²) in [6, 6.07) is 0. The lowest BCUT2D eigenvalue weighted by Gasteiger charge is -2.21. The second-order valence-electron chi connectivity index (χ2n) is 4.40. The highest BCUT2D eigenvalue weighted by Gasteiger charge is 2.20. The van der Waals surface area contributed by atoms with Crippen molar-refractivity contribution in [2.45, 2.75) is 38.5 Å². The van der Waals surface area contributed by atoms with E-state index in [0.717, 1.165) is 25.7 Å². The van der Waals surface area contributed by atoms with Gasteiger partial charge in [-0.25, -0.2) is 13.1 Å². The van der Waals surface area contributed by atoms with Crippen LogP contribution >= 0.6 is 12.2 Å². The van der Waals surface area contributed by atoms with E-state index in [1.165, 1.54) is 6.42 Å². The number of hydrogen-bond acceptors (Lipinski definition) is 3. The summed E-state index contributed by atoms with van der Waals surface area (Å²) in [5, 5.41) is 0. The van der Waals surface area contributed by atoms with Crippen LogP contribution < -0.4 is 10.5 Å². The quantitative estimate of drug-likeness (QED) is 0.706. The van der Waals surface area contributed by atoms with Gasteiger partial charge in [0.05, 0.1) is 10.7 Å². The van der Waals surface area contributed by atoms with Gasteiger partial charge in [-0.3, -0.25) is 0 Å². The molecular formula is C10H20N2O2S2. The first-order chi connectivity index (χ1) is 7.49. The Morgan fingerprint density at radius 3 is 2.50 bits per heavy atom. The molecule has 0 aromatic heterocycles. The zero-order valence-corrected chi connectivity index (χ0v) is 11.1. The van der Waals surface area contributed by atoms with E-state index >= 15 is 0 Å². The topological polar surface area (TPSA) is 72.2 Å². The fourth-order valence-electron chi connectivity index (χ4n) is 2.05. The number of thiocarbonyl (C=S) groups is 1. The van der Waals surface area contributed by atoms with Crippen molar-refractivity contribution in [3.63, 3.8) is 0 Å². The number of hydrogen-bond donors (Lipinski definition) is 2. The average Bonchev–Trinajstić information content (AvgIpc) is 2.17. The van der Waals surface area contributed by atoms with Crippen LogP contribution in [0.2, 0.25) is 0 Å². The van der Waals surface area contributed by atoms with Crippen molar-refractivity contribution in [3.05, 3.63) is 0 Å². The number of sulfonamides is 1. The Morgan fingerprint density at radius 2 is 1.94 bits per heavy atom. The van der Waals surface area contributed by atoms with Crippen molar-refractivity contribution >= 4 is 27.2 Å². The lowest BCUT2D eigenvalue weighted by molar-refractivity contribution is 0.384. The smallest absolute Gasteiger partial charge is 0.211 e. The van der Waals surface area contributed by atoms with Gasteiger partial charge in [0.15, 0.2) is 0 Å². The zero-order valence-electron chi connectivity index (χ0n) is 9.44. The van der Waals surface area contributed by atoms with Gasteiger partial charge in [-0.1, -0.05) is 31.5 Å². The van der Waals surface area contributed by atoms with E-state index in [4.69, 9.17) is 5.73 Å². The minimum absolute atomic E-state index is 0.254. The van der Waals surface area contributed by atoms with E-state index in [1.54, 1.807) is 0 Å². The second kappa shape index (κ2) is 6.51. The fraction of sp³-hybridized carbons (Fsp3) is 0.900. The highest BCUT2D eigenvalue weighted by atomic mass is 32.2. The molecule has 0 aromatic carbocycles. The third-order valence-electron chi connectivity index (χ3n) is 2.87. The van der Waals surface area contributed by atoms with Crippen molar-refractivity contribution in [1.29, 1.82) is 0 Å². The molecule has 3 N–H and O–H groups in total. The highest BCUT2D eigenvalue weighted by Crippen LogP contribution is 2.24. The Kier molecular flexibility index (Phi) is 5.64. The summed E-state index contributed by atoms with van der Waals surface area (Å²) < 4.78 is 25.9. The van der Waals surface area contributed by atoms with Crippen LogP contribution in [0.15, 0.2) is 0 Å². The van der Waals surface area contributed by atoms with Crippen LogP contribution in [-0.4, -0.2) is 25.7 Å². The van der Waals surface area contributed by atoms with E-state index in [9.17, 15) is 8.42 Å². The van der Waals surface area contributed by atoms with E-state index in [2.05, 4.69) is 16.9 Å². The Hall–Kier alpha value is -0.200. The van der Waals surface area contributed by atoms with Crippen molar-refractivity contribution in [3.8, 4) is 0 Å². The van der Waals surface area contributed by atoms with E-state index in [0.29, 0.717) is 23.9 Å². The Balaban J connectivity index is 2.29. The van der Waals surface area contributed by atoms with Gasteiger partial charge >= 0.3 is 0 Å². The lowest BCUT2D eigenvalue weighted by Crippen LogP contribution is -2.32. The molecule has 1 fully saturated rings. The monoisotopic (exact) mass is 264 g/mol. The van der Waals surface area contributed by atoms with Crippen molar-refractivity contribution in [2.24, 2.45) is 11.7 Å². The zero-order chi connectivity index (χ0) is 12.0. The summed E-state index contributed by atoms with van der Waals surface area (Å²) in [4.78, 5) is 0.348. The van der Waals surface area contributed by atoms with Crippen molar-refractivity contribution < 1.29 is 8.42 Å². The van der Waals surface area contributed by atoms with Crippen molar-refractivity contribution in [1.82, 2.24) is 4.72 Å². The highest BCUT2D eigenvalue weighted by molar-refractivity contribution is 7.89. The summed E-state index contributed by atoms with van der Waals surface area (Å²) >= 11 is 4.69. The van der Waals surface area contributed by atoms with E-state index in [1.807, 2.05) is 0 Å². The molecule has 0 radical (unpaired) electrons. The van der Waals surface area contributed by atoms with Crippen LogP contribution in [-0.2, 0) is 10.0 Å². The first-order valence-corrected chi connectivity index (χ1v) is 7.81. The maximum Gasteiger partial charge on any atom is 0.211 e. The first kappa shape index (κ1) is 13.9. The predicted molar refractivity (Wildman–Crippen MR) is 69.8 cm³/mol.